The molecule has 6 heteroatoms. The van der Waals surface area contributed by atoms with Crippen LogP contribution in [0.1, 0.15) is 24.5 Å². The van der Waals surface area contributed by atoms with E-state index < -0.39 is 5.82 Å². The Labute approximate surface area is 128 Å². The lowest BCUT2D eigenvalue weighted by Gasteiger charge is -2.12. The van der Waals surface area contributed by atoms with Gasteiger partial charge in [-0.1, -0.05) is 18.5 Å². The molecule has 2 rings (SSSR count). The zero-order valence-electron chi connectivity index (χ0n) is 12.2. The van der Waals surface area contributed by atoms with Crippen molar-refractivity contribution in [2.24, 2.45) is 0 Å². The largest absolute Gasteiger partial charge is 0.436 e. The van der Waals surface area contributed by atoms with Crippen LogP contribution < -0.4 is 10.1 Å². The fourth-order valence-electron chi connectivity index (χ4n) is 1.90. The maximum absolute atomic E-state index is 13.8. The second-order valence-electron chi connectivity index (χ2n) is 4.74. The van der Waals surface area contributed by atoms with Crippen molar-refractivity contribution in [3.05, 3.63) is 40.3 Å². The Balaban J connectivity index is 2.31. The van der Waals surface area contributed by atoms with Gasteiger partial charge >= 0.3 is 0 Å². The van der Waals surface area contributed by atoms with Gasteiger partial charge in [0.25, 0.3) is 5.88 Å². The molecule has 1 heterocycles. The maximum Gasteiger partial charge on any atom is 0.260 e. The number of ether oxygens (including phenoxy) is 1. The molecule has 112 valence electrons. The van der Waals surface area contributed by atoms with Gasteiger partial charge in [-0.05, 0) is 43.5 Å². The third-order valence-electron chi connectivity index (χ3n) is 2.87. The number of halogens is 2. The topological polar surface area (TPSA) is 47.0 Å². The normalized spacial score (nSPS) is 10.5. The van der Waals surface area contributed by atoms with Gasteiger partial charge in [-0.25, -0.2) is 4.98 Å². The average molecular weight is 310 g/mol. The van der Waals surface area contributed by atoms with Crippen molar-refractivity contribution in [2.75, 3.05) is 11.9 Å². The lowest BCUT2D eigenvalue weighted by molar-refractivity contribution is 0.415. The van der Waals surface area contributed by atoms with E-state index in [0.717, 1.165) is 23.7 Å². The molecule has 4 nitrogen and oxygen atoms in total. The van der Waals surface area contributed by atoms with Crippen LogP contribution in [0.5, 0.6) is 11.6 Å². The predicted molar refractivity (Wildman–Crippen MR) is 81.8 cm³/mol. The Bertz CT molecular complexity index is 626. The summed E-state index contributed by atoms with van der Waals surface area (Å²) in [5.41, 5.74) is 1.64. The fourth-order valence-corrected chi connectivity index (χ4v) is 2.23. The molecule has 0 amide bonds. The highest BCUT2D eigenvalue weighted by Crippen LogP contribution is 2.31. The number of nitrogens with zero attached hydrogens (tertiary/aromatic N) is 2. The number of nitrogens with one attached hydrogen (secondary N) is 1. The molecule has 0 radical (unpaired) electrons. The van der Waals surface area contributed by atoms with E-state index in [9.17, 15) is 4.39 Å². The second-order valence-corrected chi connectivity index (χ2v) is 5.18. The first kappa shape index (κ1) is 15.5. The van der Waals surface area contributed by atoms with E-state index >= 15 is 0 Å². The predicted octanol–water partition coefficient (Wildman–Crippen LogP) is 4.50. The summed E-state index contributed by atoms with van der Waals surface area (Å²) < 4.78 is 19.4. The summed E-state index contributed by atoms with van der Waals surface area (Å²) in [7, 11) is 0. The molecule has 0 aliphatic carbocycles. The molecule has 2 aromatic rings. The van der Waals surface area contributed by atoms with Crippen molar-refractivity contribution in [2.45, 2.75) is 27.2 Å². The molecular weight excluding hydrogens is 293 g/mol. The van der Waals surface area contributed by atoms with Crippen LogP contribution in [0.3, 0.4) is 0 Å². The maximum atomic E-state index is 13.8. The highest BCUT2D eigenvalue weighted by Gasteiger charge is 2.13. The third-order valence-corrected chi connectivity index (χ3v) is 3.09. The first-order valence-corrected chi connectivity index (χ1v) is 7.10. The first-order valence-electron chi connectivity index (χ1n) is 6.72. The number of anilines is 1. The van der Waals surface area contributed by atoms with Gasteiger partial charge in [-0.15, -0.1) is 0 Å². The van der Waals surface area contributed by atoms with E-state index in [4.69, 9.17) is 16.3 Å². The number of hydrogen-bond donors (Lipinski definition) is 1. The Morgan fingerprint density at radius 1 is 1.29 bits per heavy atom. The van der Waals surface area contributed by atoms with E-state index in [1.807, 2.05) is 20.8 Å². The molecule has 0 spiro atoms. The molecule has 0 fully saturated rings. The summed E-state index contributed by atoms with van der Waals surface area (Å²) in [6.45, 7) is 6.44. The van der Waals surface area contributed by atoms with Crippen molar-refractivity contribution < 1.29 is 9.13 Å². The Kier molecular flexibility index (Phi) is 4.96. The molecule has 0 atom stereocenters. The Morgan fingerprint density at radius 3 is 2.57 bits per heavy atom. The van der Waals surface area contributed by atoms with E-state index in [2.05, 4.69) is 15.3 Å². The van der Waals surface area contributed by atoms with Crippen molar-refractivity contribution in [1.29, 1.82) is 0 Å². The zero-order valence-corrected chi connectivity index (χ0v) is 13.0. The third kappa shape index (κ3) is 3.82. The van der Waals surface area contributed by atoms with Crippen LogP contribution in [0, 0.1) is 19.7 Å². The minimum Gasteiger partial charge on any atom is -0.436 e. The lowest BCUT2D eigenvalue weighted by Crippen LogP contribution is -2.06. The van der Waals surface area contributed by atoms with Gasteiger partial charge in [-0.3, -0.25) is 0 Å². The van der Waals surface area contributed by atoms with Gasteiger partial charge in [0.1, 0.15) is 5.75 Å². The van der Waals surface area contributed by atoms with Gasteiger partial charge in [0, 0.05) is 11.6 Å². The number of rotatable bonds is 5. The van der Waals surface area contributed by atoms with Crippen LogP contribution in [0.25, 0.3) is 0 Å². The summed E-state index contributed by atoms with van der Waals surface area (Å²) in [6, 6.07) is 3.53. The summed E-state index contributed by atoms with van der Waals surface area (Å²) in [5.74, 6) is 0.193. The summed E-state index contributed by atoms with van der Waals surface area (Å²) in [6.07, 6.45) is 2.02. The minimum absolute atomic E-state index is 0.0999. The molecule has 1 N–H and O–H groups in total. The van der Waals surface area contributed by atoms with Crippen LogP contribution in [0.15, 0.2) is 18.3 Å². The summed E-state index contributed by atoms with van der Waals surface area (Å²) >= 11 is 5.97. The highest BCUT2D eigenvalue weighted by molar-refractivity contribution is 6.30. The van der Waals surface area contributed by atoms with Crippen molar-refractivity contribution in [3.63, 3.8) is 0 Å². The minimum atomic E-state index is -0.606. The zero-order chi connectivity index (χ0) is 15.4. The van der Waals surface area contributed by atoms with E-state index in [-0.39, 0.29) is 5.88 Å². The van der Waals surface area contributed by atoms with Crippen LogP contribution in [-0.4, -0.2) is 16.5 Å². The number of aryl methyl sites for hydroxylation is 2. The lowest BCUT2D eigenvalue weighted by atomic mass is 10.1. The van der Waals surface area contributed by atoms with Crippen LogP contribution in [0.4, 0.5) is 10.3 Å². The van der Waals surface area contributed by atoms with Crippen molar-refractivity contribution in [1.82, 2.24) is 9.97 Å². The van der Waals surface area contributed by atoms with Crippen molar-refractivity contribution in [3.8, 4) is 11.6 Å². The number of benzene rings is 1. The van der Waals surface area contributed by atoms with Crippen LogP contribution in [-0.2, 0) is 0 Å². The Hall–Kier alpha value is -1.88. The molecule has 0 bridgehead atoms. The van der Waals surface area contributed by atoms with Gasteiger partial charge in [-0.2, -0.15) is 9.37 Å². The smallest absolute Gasteiger partial charge is 0.260 e. The van der Waals surface area contributed by atoms with Gasteiger partial charge in [0.2, 0.25) is 11.8 Å². The second kappa shape index (κ2) is 6.72. The quantitative estimate of drug-likeness (QED) is 0.883. The number of aromatic nitrogens is 2. The van der Waals surface area contributed by atoms with Gasteiger partial charge in [0.05, 0.1) is 6.20 Å². The van der Waals surface area contributed by atoms with E-state index in [1.54, 1.807) is 12.1 Å². The Morgan fingerprint density at radius 2 is 1.95 bits per heavy atom. The fraction of sp³-hybridized carbons (Fsp3) is 0.333. The van der Waals surface area contributed by atoms with Crippen LogP contribution >= 0.6 is 11.6 Å². The number of hydrogen-bond acceptors (Lipinski definition) is 4. The molecule has 1 aromatic heterocycles. The highest BCUT2D eigenvalue weighted by atomic mass is 35.5. The summed E-state index contributed by atoms with van der Waals surface area (Å²) in [5, 5.41) is 3.61. The van der Waals surface area contributed by atoms with Gasteiger partial charge in [0.15, 0.2) is 0 Å². The van der Waals surface area contributed by atoms with E-state index in [0.29, 0.717) is 23.3 Å². The van der Waals surface area contributed by atoms with Gasteiger partial charge < -0.3 is 10.1 Å². The SMILES string of the molecule is CCCNc1ncc(F)c(Oc2c(C)cc(Cl)cc2C)n1. The van der Waals surface area contributed by atoms with E-state index in [1.165, 1.54) is 0 Å². The standard InChI is InChI=1S/C15H17ClFN3O/c1-4-5-18-15-19-8-12(17)14(20-15)21-13-9(2)6-11(16)7-10(13)3/h6-8H,4-5H2,1-3H3,(H,18,19,20). The molecule has 0 aliphatic heterocycles. The monoisotopic (exact) mass is 309 g/mol. The first-order chi connectivity index (χ1) is 10.0. The molecule has 0 saturated carbocycles. The average Bonchev–Trinajstić information content (AvgIpc) is 2.43. The van der Waals surface area contributed by atoms with Crippen molar-refractivity contribution >= 4 is 17.5 Å². The molecule has 0 unspecified atom stereocenters. The van der Waals surface area contributed by atoms with Crippen LogP contribution in [0.2, 0.25) is 5.02 Å². The molecule has 0 aliphatic rings. The molecular formula is C15H17ClFN3O. The summed E-state index contributed by atoms with van der Waals surface area (Å²) in [4.78, 5) is 7.94. The molecule has 21 heavy (non-hydrogen) atoms. The molecule has 1 aromatic carbocycles. The molecule has 0 saturated heterocycles.